The second-order valence-electron chi connectivity index (χ2n) is 4.48. The van der Waals surface area contributed by atoms with E-state index in [1.807, 2.05) is 0 Å². The van der Waals surface area contributed by atoms with Gasteiger partial charge >= 0.3 is 5.97 Å². The summed E-state index contributed by atoms with van der Waals surface area (Å²) in [5.41, 5.74) is -0.692. The lowest BCUT2D eigenvalue weighted by atomic mass is 9.92. The van der Waals surface area contributed by atoms with Crippen molar-refractivity contribution in [2.24, 2.45) is 0 Å². The number of aliphatic carboxylic acids is 1. The number of rotatable bonds is 4. The van der Waals surface area contributed by atoms with Gasteiger partial charge < -0.3 is 15.4 Å². The topological polar surface area (TPSA) is 82.2 Å². The van der Waals surface area contributed by atoms with E-state index >= 15 is 0 Å². The minimum atomic E-state index is -1.49. The van der Waals surface area contributed by atoms with Gasteiger partial charge in [-0.3, -0.25) is 4.79 Å². The Hall–Kier alpha value is -2.08. The predicted molar refractivity (Wildman–Crippen MR) is 77.4 cm³/mol. The summed E-state index contributed by atoms with van der Waals surface area (Å²) in [4.78, 5) is 26.5. The maximum atomic E-state index is 12.1. The summed E-state index contributed by atoms with van der Waals surface area (Å²) in [5, 5.41) is 12.0. The van der Waals surface area contributed by atoms with Crippen molar-refractivity contribution in [1.29, 1.82) is 0 Å². The molecule has 0 bridgehead atoms. The summed E-state index contributed by atoms with van der Waals surface area (Å²) in [6.07, 6.45) is 1.61. The molecule has 6 heteroatoms. The van der Waals surface area contributed by atoms with Crippen molar-refractivity contribution in [2.75, 3.05) is 0 Å². The van der Waals surface area contributed by atoms with E-state index in [4.69, 9.17) is 0 Å². The fourth-order valence-corrected chi connectivity index (χ4v) is 2.16. The van der Waals surface area contributed by atoms with Crippen LogP contribution < -0.4 is 5.32 Å². The third-order valence-electron chi connectivity index (χ3n) is 3.03. The van der Waals surface area contributed by atoms with Gasteiger partial charge in [-0.2, -0.15) is 0 Å². The Balaban J connectivity index is 2.31. The number of hydrogen-bond acceptors (Lipinski definition) is 2. The van der Waals surface area contributed by atoms with Crippen molar-refractivity contribution in [1.82, 2.24) is 10.3 Å². The summed E-state index contributed by atoms with van der Waals surface area (Å²) in [5.74, 6) is -1.60. The molecule has 0 fully saturated rings. The van der Waals surface area contributed by atoms with E-state index < -0.39 is 17.4 Å². The first-order valence-corrected chi connectivity index (χ1v) is 6.68. The highest BCUT2D eigenvalue weighted by Gasteiger charge is 2.37. The highest BCUT2D eigenvalue weighted by Crippen LogP contribution is 2.22. The molecule has 20 heavy (non-hydrogen) atoms. The Kier molecular flexibility index (Phi) is 3.94. The molecule has 1 heterocycles. The molecule has 0 aliphatic heterocycles. The van der Waals surface area contributed by atoms with E-state index in [-0.39, 0.29) is 0 Å². The quantitative estimate of drug-likeness (QED) is 0.802. The Morgan fingerprint density at radius 3 is 2.45 bits per heavy atom. The zero-order chi connectivity index (χ0) is 14.8. The van der Waals surface area contributed by atoms with Gasteiger partial charge in [0, 0.05) is 10.7 Å². The van der Waals surface area contributed by atoms with Gasteiger partial charge in [0.1, 0.15) is 5.69 Å². The number of carboxylic acids is 1. The molecule has 0 radical (unpaired) electrons. The summed E-state index contributed by atoms with van der Waals surface area (Å²) >= 11 is 3.23. The zero-order valence-electron chi connectivity index (χ0n) is 10.7. The minimum absolute atomic E-state index is 0.292. The van der Waals surface area contributed by atoms with E-state index in [2.05, 4.69) is 26.2 Å². The van der Waals surface area contributed by atoms with E-state index in [9.17, 15) is 14.7 Å². The van der Waals surface area contributed by atoms with Gasteiger partial charge in [-0.15, -0.1) is 0 Å². The molecule has 1 atom stereocenters. The standard InChI is InChI=1S/C14H13BrN2O3/c1-14(13(19)20,9-5-3-2-4-6-9)17-12(18)11-7-10(15)8-16-11/h2-8,16H,1H3,(H,17,18)(H,19,20). The monoisotopic (exact) mass is 336 g/mol. The SMILES string of the molecule is CC(NC(=O)c1cc(Br)c[nH]1)(C(=O)O)c1ccccc1. The van der Waals surface area contributed by atoms with Crippen LogP contribution in [0.1, 0.15) is 23.0 Å². The first kappa shape index (κ1) is 14.3. The molecule has 1 unspecified atom stereocenters. The molecule has 1 aromatic carbocycles. The van der Waals surface area contributed by atoms with Crippen LogP contribution in [0.3, 0.4) is 0 Å². The Morgan fingerprint density at radius 2 is 1.95 bits per heavy atom. The Morgan fingerprint density at radius 1 is 1.30 bits per heavy atom. The number of halogens is 1. The Labute approximate surface area is 124 Å². The van der Waals surface area contributed by atoms with Gasteiger partial charge in [0.05, 0.1) is 0 Å². The van der Waals surface area contributed by atoms with Crippen LogP contribution in [0.4, 0.5) is 0 Å². The van der Waals surface area contributed by atoms with Gasteiger partial charge in [0.25, 0.3) is 5.91 Å². The molecule has 1 amide bonds. The molecule has 2 rings (SSSR count). The largest absolute Gasteiger partial charge is 0.479 e. The van der Waals surface area contributed by atoms with E-state index in [0.29, 0.717) is 11.3 Å². The smallest absolute Gasteiger partial charge is 0.333 e. The maximum Gasteiger partial charge on any atom is 0.333 e. The third kappa shape index (κ3) is 2.75. The lowest BCUT2D eigenvalue weighted by molar-refractivity contribution is -0.144. The van der Waals surface area contributed by atoms with E-state index in [0.717, 1.165) is 4.47 Å². The maximum absolute atomic E-state index is 12.1. The lowest BCUT2D eigenvalue weighted by Crippen LogP contribution is -2.49. The number of hydrogen-bond donors (Lipinski definition) is 3. The number of carbonyl (C=O) groups is 2. The van der Waals surface area contributed by atoms with Crippen LogP contribution in [0.25, 0.3) is 0 Å². The van der Waals surface area contributed by atoms with Crippen LogP contribution in [0.2, 0.25) is 0 Å². The van der Waals surface area contributed by atoms with Gasteiger partial charge in [-0.1, -0.05) is 30.3 Å². The second kappa shape index (κ2) is 5.50. The lowest BCUT2D eigenvalue weighted by Gasteiger charge is -2.26. The van der Waals surface area contributed by atoms with Gasteiger partial charge in [0.15, 0.2) is 5.54 Å². The Bertz CT molecular complexity index is 639. The van der Waals surface area contributed by atoms with Gasteiger partial charge in [-0.05, 0) is 34.5 Å². The molecule has 1 aromatic heterocycles. The molecular formula is C14H13BrN2O3. The molecule has 0 saturated carbocycles. The van der Waals surface area contributed by atoms with Crippen LogP contribution in [0, 0.1) is 0 Å². The number of nitrogens with one attached hydrogen (secondary N) is 2. The number of aromatic amines is 1. The summed E-state index contributed by atoms with van der Waals surface area (Å²) < 4.78 is 0.722. The highest BCUT2D eigenvalue weighted by atomic mass is 79.9. The summed E-state index contributed by atoms with van der Waals surface area (Å²) in [6.45, 7) is 1.46. The van der Waals surface area contributed by atoms with Crippen LogP contribution >= 0.6 is 15.9 Å². The number of benzene rings is 1. The van der Waals surface area contributed by atoms with Crippen LogP contribution in [-0.4, -0.2) is 22.0 Å². The van der Waals surface area contributed by atoms with E-state index in [1.54, 1.807) is 42.6 Å². The zero-order valence-corrected chi connectivity index (χ0v) is 12.3. The third-order valence-corrected chi connectivity index (χ3v) is 3.49. The molecule has 104 valence electrons. The van der Waals surface area contributed by atoms with Crippen molar-refractivity contribution >= 4 is 27.8 Å². The minimum Gasteiger partial charge on any atom is -0.479 e. The fourth-order valence-electron chi connectivity index (χ4n) is 1.81. The van der Waals surface area contributed by atoms with Crippen molar-refractivity contribution in [3.8, 4) is 0 Å². The molecular weight excluding hydrogens is 324 g/mol. The van der Waals surface area contributed by atoms with Crippen LogP contribution in [0.5, 0.6) is 0 Å². The number of carboxylic acid groups (broad SMARTS) is 1. The summed E-state index contributed by atoms with van der Waals surface area (Å²) in [7, 11) is 0. The average Bonchev–Trinajstić information content (AvgIpc) is 2.86. The molecule has 0 spiro atoms. The molecule has 5 nitrogen and oxygen atoms in total. The molecule has 0 saturated heterocycles. The highest BCUT2D eigenvalue weighted by molar-refractivity contribution is 9.10. The number of H-pyrrole nitrogens is 1. The van der Waals surface area contributed by atoms with Gasteiger partial charge in [-0.25, -0.2) is 4.79 Å². The summed E-state index contributed by atoms with van der Waals surface area (Å²) in [6, 6.07) is 10.2. The normalized spacial score (nSPS) is 13.5. The number of aromatic nitrogens is 1. The van der Waals surface area contributed by atoms with Crippen molar-refractivity contribution in [3.63, 3.8) is 0 Å². The molecule has 0 aliphatic carbocycles. The van der Waals surface area contributed by atoms with Crippen molar-refractivity contribution < 1.29 is 14.7 Å². The molecule has 2 aromatic rings. The first-order valence-electron chi connectivity index (χ1n) is 5.89. The molecule has 0 aliphatic rings. The van der Waals surface area contributed by atoms with Gasteiger partial charge in [0.2, 0.25) is 0 Å². The van der Waals surface area contributed by atoms with Crippen LogP contribution in [-0.2, 0) is 10.3 Å². The number of amides is 1. The van der Waals surface area contributed by atoms with Crippen LogP contribution in [0.15, 0.2) is 47.1 Å². The second-order valence-corrected chi connectivity index (χ2v) is 5.40. The fraction of sp³-hybridized carbons (Fsp3) is 0.143. The first-order chi connectivity index (χ1) is 9.43. The number of carbonyl (C=O) groups excluding carboxylic acids is 1. The van der Waals surface area contributed by atoms with E-state index in [1.165, 1.54) is 6.92 Å². The predicted octanol–water partition coefficient (Wildman–Crippen LogP) is 2.51. The average molecular weight is 337 g/mol. The van der Waals surface area contributed by atoms with Crippen molar-refractivity contribution in [3.05, 3.63) is 58.3 Å². The molecule has 3 N–H and O–H groups in total. The van der Waals surface area contributed by atoms with Crippen molar-refractivity contribution in [2.45, 2.75) is 12.5 Å².